The van der Waals surface area contributed by atoms with E-state index >= 15 is 0 Å². The summed E-state index contributed by atoms with van der Waals surface area (Å²) in [6, 6.07) is 12.0. The SMILES string of the molecule is C=C(C)C(=O)OCC(C)COc1ccc2cc(-c3ccc(CC)nc3CC)oc2c1. The second kappa shape index (κ2) is 9.61. The van der Waals surface area contributed by atoms with Gasteiger partial charge in [0.2, 0.25) is 0 Å². The fraction of sp³-hybridized carbons (Fsp3) is 0.360. The number of benzene rings is 1. The van der Waals surface area contributed by atoms with Crippen LogP contribution in [0.15, 0.2) is 53.0 Å². The number of furan rings is 1. The molecule has 0 aliphatic carbocycles. The summed E-state index contributed by atoms with van der Waals surface area (Å²) in [5, 5.41) is 1.02. The van der Waals surface area contributed by atoms with Crippen LogP contribution in [0.5, 0.6) is 5.75 Å². The number of rotatable bonds is 9. The highest BCUT2D eigenvalue weighted by Crippen LogP contribution is 2.32. The van der Waals surface area contributed by atoms with Crippen LogP contribution in [0.1, 0.15) is 39.1 Å². The van der Waals surface area contributed by atoms with Crippen molar-refractivity contribution in [2.24, 2.45) is 5.92 Å². The lowest BCUT2D eigenvalue weighted by Crippen LogP contribution is -2.18. The highest BCUT2D eigenvalue weighted by molar-refractivity contribution is 5.87. The monoisotopic (exact) mass is 407 g/mol. The van der Waals surface area contributed by atoms with E-state index in [4.69, 9.17) is 18.9 Å². The first-order valence-corrected chi connectivity index (χ1v) is 10.4. The zero-order valence-electron chi connectivity index (χ0n) is 18.2. The molecule has 0 spiro atoms. The second-order valence-corrected chi connectivity index (χ2v) is 7.61. The van der Waals surface area contributed by atoms with Crippen LogP contribution in [0.2, 0.25) is 0 Å². The van der Waals surface area contributed by atoms with E-state index in [1.807, 2.05) is 31.2 Å². The molecule has 0 saturated heterocycles. The Labute approximate surface area is 177 Å². The molecule has 1 unspecified atom stereocenters. The highest BCUT2D eigenvalue weighted by atomic mass is 16.5. The molecular formula is C25H29NO4. The third-order valence-corrected chi connectivity index (χ3v) is 4.87. The molecule has 0 bridgehead atoms. The predicted molar refractivity (Wildman–Crippen MR) is 119 cm³/mol. The van der Waals surface area contributed by atoms with E-state index in [1.165, 1.54) is 0 Å². The number of aromatic nitrogens is 1. The molecule has 5 nitrogen and oxygen atoms in total. The molecule has 5 heteroatoms. The minimum Gasteiger partial charge on any atom is -0.493 e. The molecule has 0 saturated carbocycles. The molecule has 0 N–H and O–H groups in total. The van der Waals surface area contributed by atoms with Gasteiger partial charge in [-0.05, 0) is 50.1 Å². The van der Waals surface area contributed by atoms with E-state index in [2.05, 4.69) is 32.6 Å². The topological polar surface area (TPSA) is 61.6 Å². The van der Waals surface area contributed by atoms with E-state index in [-0.39, 0.29) is 11.9 Å². The molecule has 3 rings (SSSR count). The Hall–Kier alpha value is -3.08. The molecule has 0 fully saturated rings. The number of fused-ring (bicyclic) bond motifs is 1. The maximum atomic E-state index is 11.5. The lowest BCUT2D eigenvalue weighted by molar-refractivity contribution is -0.140. The van der Waals surface area contributed by atoms with Crippen LogP contribution in [0.4, 0.5) is 0 Å². The molecule has 1 atom stereocenters. The summed E-state index contributed by atoms with van der Waals surface area (Å²) in [7, 11) is 0. The molecule has 0 amide bonds. The molecule has 2 heterocycles. The number of carbonyl (C=O) groups excluding carboxylic acids is 1. The summed E-state index contributed by atoms with van der Waals surface area (Å²) < 4.78 is 17.2. The van der Waals surface area contributed by atoms with E-state index in [0.717, 1.165) is 52.3 Å². The van der Waals surface area contributed by atoms with Gasteiger partial charge in [0.1, 0.15) is 17.1 Å². The minimum atomic E-state index is -0.376. The lowest BCUT2D eigenvalue weighted by atomic mass is 10.1. The number of hydrogen-bond acceptors (Lipinski definition) is 5. The van der Waals surface area contributed by atoms with Crippen LogP contribution in [-0.4, -0.2) is 24.2 Å². The third kappa shape index (κ3) is 5.09. The first kappa shape index (κ1) is 21.6. The summed E-state index contributed by atoms with van der Waals surface area (Å²) in [6.45, 7) is 12.1. The Balaban J connectivity index is 1.71. The van der Waals surface area contributed by atoms with Crippen molar-refractivity contribution < 1.29 is 18.7 Å². The molecule has 0 radical (unpaired) electrons. The van der Waals surface area contributed by atoms with Crippen molar-refractivity contribution in [2.75, 3.05) is 13.2 Å². The van der Waals surface area contributed by atoms with Gasteiger partial charge in [-0.2, -0.15) is 0 Å². The maximum Gasteiger partial charge on any atom is 0.333 e. The Morgan fingerprint density at radius 1 is 1.13 bits per heavy atom. The molecular weight excluding hydrogens is 378 g/mol. The molecule has 3 aromatic rings. The van der Waals surface area contributed by atoms with Gasteiger partial charge in [0.05, 0.1) is 18.9 Å². The van der Waals surface area contributed by atoms with Gasteiger partial charge in [0.25, 0.3) is 0 Å². The summed E-state index contributed by atoms with van der Waals surface area (Å²) in [6.07, 6.45) is 1.77. The Bertz CT molecular complexity index is 1050. The molecule has 2 aromatic heterocycles. The van der Waals surface area contributed by atoms with Crippen molar-refractivity contribution in [1.29, 1.82) is 0 Å². The highest BCUT2D eigenvalue weighted by Gasteiger charge is 2.13. The fourth-order valence-electron chi connectivity index (χ4n) is 3.10. The first-order valence-electron chi connectivity index (χ1n) is 10.4. The minimum absolute atomic E-state index is 0.0615. The van der Waals surface area contributed by atoms with Crippen LogP contribution in [0.3, 0.4) is 0 Å². The summed E-state index contributed by atoms with van der Waals surface area (Å²) in [5.41, 5.74) is 4.33. The summed E-state index contributed by atoms with van der Waals surface area (Å²) >= 11 is 0. The van der Waals surface area contributed by atoms with E-state index in [9.17, 15) is 4.79 Å². The normalized spacial score (nSPS) is 12.0. The quantitative estimate of drug-likeness (QED) is 0.334. The Kier molecular flexibility index (Phi) is 6.93. The molecule has 0 aliphatic rings. The number of nitrogens with zero attached hydrogens (tertiary/aromatic N) is 1. The largest absolute Gasteiger partial charge is 0.493 e. The van der Waals surface area contributed by atoms with Gasteiger partial charge >= 0.3 is 5.97 Å². The van der Waals surface area contributed by atoms with Crippen molar-refractivity contribution in [1.82, 2.24) is 4.98 Å². The van der Waals surface area contributed by atoms with Crippen molar-refractivity contribution in [3.05, 3.63) is 59.9 Å². The number of esters is 1. The number of ether oxygens (including phenoxy) is 2. The molecule has 0 aliphatic heterocycles. The van der Waals surface area contributed by atoms with Gasteiger partial charge in [0.15, 0.2) is 0 Å². The zero-order valence-corrected chi connectivity index (χ0v) is 18.2. The fourth-order valence-corrected chi connectivity index (χ4v) is 3.10. The van der Waals surface area contributed by atoms with Crippen molar-refractivity contribution in [2.45, 2.75) is 40.5 Å². The van der Waals surface area contributed by atoms with Crippen LogP contribution < -0.4 is 4.74 Å². The van der Waals surface area contributed by atoms with E-state index in [1.54, 1.807) is 6.92 Å². The van der Waals surface area contributed by atoms with Crippen molar-refractivity contribution in [3.63, 3.8) is 0 Å². The van der Waals surface area contributed by atoms with Gasteiger partial charge in [-0.15, -0.1) is 0 Å². The van der Waals surface area contributed by atoms with Gasteiger partial charge in [-0.25, -0.2) is 4.79 Å². The average Bonchev–Trinajstić information content (AvgIpc) is 3.18. The lowest BCUT2D eigenvalue weighted by Gasteiger charge is -2.13. The third-order valence-electron chi connectivity index (χ3n) is 4.87. The van der Waals surface area contributed by atoms with Gasteiger partial charge < -0.3 is 13.9 Å². The second-order valence-electron chi connectivity index (χ2n) is 7.61. The van der Waals surface area contributed by atoms with E-state index in [0.29, 0.717) is 18.8 Å². The Morgan fingerprint density at radius 3 is 2.63 bits per heavy atom. The molecule has 1 aromatic carbocycles. The van der Waals surface area contributed by atoms with Gasteiger partial charge in [-0.1, -0.05) is 27.4 Å². The smallest absolute Gasteiger partial charge is 0.333 e. The van der Waals surface area contributed by atoms with Gasteiger partial charge in [-0.3, -0.25) is 4.98 Å². The summed E-state index contributed by atoms with van der Waals surface area (Å²) in [4.78, 5) is 16.2. The standard InChI is InChI=1S/C25H29NO4/c1-6-19-9-11-21(22(7-2)26-19)24-12-18-8-10-20(13-23(18)30-24)28-14-17(5)15-29-25(27)16(3)4/h8-13,17H,3,6-7,14-15H2,1-2,4-5H3. The zero-order chi connectivity index (χ0) is 21.7. The molecule has 158 valence electrons. The van der Waals surface area contributed by atoms with Gasteiger partial charge in [0, 0.05) is 34.2 Å². The first-order chi connectivity index (χ1) is 14.4. The molecule has 30 heavy (non-hydrogen) atoms. The van der Waals surface area contributed by atoms with Crippen molar-refractivity contribution >= 4 is 16.9 Å². The average molecular weight is 408 g/mol. The van der Waals surface area contributed by atoms with Crippen LogP contribution in [-0.2, 0) is 22.4 Å². The number of pyridine rings is 1. The predicted octanol–water partition coefficient (Wildman–Crippen LogP) is 5.75. The van der Waals surface area contributed by atoms with Crippen LogP contribution >= 0.6 is 0 Å². The number of carbonyl (C=O) groups is 1. The summed E-state index contributed by atoms with van der Waals surface area (Å²) in [5.74, 6) is 1.22. The van der Waals surface area contributed by atoms with E-state index < -0.39 is 0 Å². The Morgan fingerprint density at radius 2 is 1.93 bits per heavy atom. The van der Waals surface area contributed by atoms with Crippen LogP contribution in [0.25, 0.3) is 22.3 Å². The number of hydrogen-bond donors (Lipinski definition) is 0. The van der Waals surface area contributed by atoms with Crippen LogP contribution in [0, 0.1) is 5.92 Å². The number of aryl methyl sites for hydroxylation is 2. The maximum absolute atomic E-state index is 11.5. The van der Waals surface area contributed by atoms with Crippen molar-refractivity contribution in [3.8, 4) is 17.1 Å².